The number of ether oxygens (including phenoxy) is 2. The molecule has 0 aromatic carbocycles. The van der Waals surface area contributed by atoms with Gasteiger partial charge in [0.2, 0.25) is 0 Å². The Morgan fingerprint density at radius 2 is 2.00 bits per heavy atom. The van der Waals surface area contributed by atoms with Crippen LogP contribution in [-0.2, 0) is 19.1 Å². The molecule has 8 atom stereocenters. The number of carbonyl (C=O) groups is 2. The van der Waals surface area contributed by atoms with Gasteiger partial charge in [-0.1, -0.05) is 13.3 Å². The number of piperidine rings is 1. The summed E-state index contributed by atoms with van der Waals surface area (Å²) < 4.78 is 10.9. The molecule has 2 fully saturated rings. The molecule has 3 rings (SSSR count). The molecule has 1 saturated heterocycles. The Morgan fingerprint density at radius 3 is 2.70 bits per heavy atom. The molecule has 1 saturated carbocycles. The van der Waals surface area contributed by atoms with Crippen LogP contribution in [0.25, 0.3) is 0 Å². The zero-order valence-corrected chi connectivity index (χ0v) is 24.7. The molecule has 226 valence electrons. The highest BCUT2D eigenvalue weighted by molar-refractivity contribution is 5.84. The topological polar surface area (TPSA) is 143 Å². The summed E-state index contributed by atoms with van der Waals surface area (Å²) in [6.45, 7) is 6.58. The number of aliphatic hydroxyl groups excluding tert-OH is 2. The van der Waals surface area contributed by atoms with Crippen molar-refractivity contribution in [1.82, 2.24) is 5.32 Å². The first-order valence-corrected chi connectivity index (χ1v) is 15.3. The van der Waals surface area contributed by atoms with Crippen molar-refractivity contribution in [2.75, 3.05) is 13.7 Å². The molecule has 8 unspecified atom stereocenters. The average molecular weight is 563 g/mol. The van der Waals surface area contributed by atoms with E-state index in [1.807, 2.05) is 12.8 Å². The Morgan fingerprint density at radius 1 is 1.20 bits per heavy atom. The molecule has 9 heteroatoms. The van der Waals surface area contributed by atoms with Crippen molar-refractivity contribution in [1.29, 1.82) is 0 Å². The van der Waals surface area contributed by atoms with Gasteiger partial charge < -0.3 is 30.7 Å². The number of nitrogens with one attached hydrogen (secondary N) is 1. The molecule has 0 amide bonds. The molecule has 0 bridgehead atoms. The van der Waals surface area contributed by atoms with E-state index in [-0.39, 0.29) is 30.3 Å². The first-order valence-electron chi connectivity index (χ1n) is 15.3. The summed E-state index contributed by atoms with van der Waals surface area (Å²) in [7, 11) is 1.53. The summed E-state index contributed by atoms with van der Waals surface area (Å²) in [5.41, 5.74) is 8.71. The lowest BCUT2D eigenvalue weighted by atomic mass is 9.80. The summed E-state index contributed by atoms with van der Waals surface area (Å²) >= 11 is 0. The molecule has 0 aromatic rings. The van der Waals surface area contributed by atoms with E-state index in [9.17, 15) is 19.8 Å². The lowest BCUT2D eigenvalue weighted by molar-refractivity contribution is -0.148. The fourth-order valence-corrected chi connectivity index (χ4v) is 6.55. The number of ketones is 1. The van der Waals surface area contributed by atoms with Crippen molar-refractivity contribution in [3.63, 3.8) is 0 Å². The molecule has 2 aliphatic heterocycles. The van der Waals surface area contributed by atoms with Gasteiger partial charge in [-0.2, -0.15) is 0 Å². The Kier molecular flexibility index (Phi) is 13.6. The van der Waals surface area contributed by atoms with Crippen molar-refractivity contribution in [2.45, 2.75) is 128 Å². The van der Waals surface area contributed by atoms with E-state index in [0.29, 0.717) is 43.9 Å². The highest BCUT2D eigenvalue weighted by Gasteiger charge is 2.36. The van der Waals surface area contributed by atoms with Crippen LogP contribution in [-0.4, -0.2) is 72.4 Å². The molecule has 1 aliphatic carbocycles. The lowest BCUT2D eigenvalue weighted by Gasteiger charge is -2.36. The van der Waals surface area contributed by atoms with E-state index >= 15 is 0 Å². The third kappa shape index (κ3) is 10.6. The van der Waals surface area contributed by atoms with Crippen LogP contribution in [0.3, 0.4) is 0 Å². The third-order valence-electron chi connectivity index (χ3n) is 9.06. The summed E-state index contributed by atoms with van der Waals surface area (Å²) in [4.78, 5) is 29.1. The Bertz CT molecular complexity index is 877. The predicted octanol–water partition coefficient (Wildman–Crippen LogP) is 3.61. The van der Waals surface area contributed by atoms with Crippen LogP contribution in [0, 0.1) is 24.3 Å². The van der Waals surface area contributed by atoms with E-state index < -0.39 is 24.4 Å². The molecule has 40 heavy (non-hydrogen) atoms. The summed E-state index contributed by atoms with van der Waals surface area (Å²) in [6, 6.07) is 0. The van der Waals surface area contributed by atoms with Gasteiger partial charge in [0.25, 0.3) is 0 Å². The third-order valence-corrected chi connectivity index (χ3v) is 9.06. The first-order chi connectivity index (χ1) is 19.2. The Labute approximate surface area is 240 Å². The van der Waals surface area contributed by atoms with Gasteiger partial charge in [0.05, 0.1) is 23.9 Å². The van der Waals surface area contributed by atoms with Gasteiger partial charge in [-0.25, -0.2) is 0 Å². The number of esters is 1. The normalized spacial score (nSPS) is 30.1. The maximum atomic E-state index is 12.9. The fraction of sp³-hybridized carbons (Fsp3) is 0.806. The van der Waals surface area contributed by atoms with E-state index in [2.05, 4.69) is 17.2 Å². The first kappa shape index (κ1) is 32.7. The smallest absolute Gasteiger partial charge is 0.302 e. The van der Waals surface area contributed by atoms with Gasteiger partial charge in [0.15, 0.2) is 6.21 Å². The number of Topliss-reactive ketones (excluding diaryl/α,β-unsaturated/α-hetero) is 1. The van der Waals surface area contributed by atoms with Crippen LogP contribution in [0.15, 0.2) is 16.1 Å². The standard InChI is InChI=1S/C31H52N3O6/c1-4-21(13-25-19-33-18-24(25)8-5-22-11-12-34-30(32)16-22)7-10-27(40-20(2)35)17-26(36)9-6-23-14-28(37)31(38)29(15-23)39-3/h18-19,21-23,27-31,34,37-38H,4-17,32H2,1-3H3/q+1. The van der Waals surface area contributed by atoms with Gasteiger partial charge in [-0.05, 0) is 75.7 Å². The number of nitrogens with two attached hydrogens (primary N) is 1. The number of aliphatic imine (C=N–C) groups is 1. The average Bonchev–Trinajstić information content (AvgIpc) is 3.36. The summed E-state index contributed by atoms with van der Waals surface area (Å²) in [5.74, 6) is 0.888. The van der Waals surface area contributed by atoms with Crippen molar-refractivity contribution in [3.8, 4) is 0 Å². The zero-order valence-electron chi connectivity index (χ0n) is 24.7. The molecular formula is C31H52N3O6+. The molecule has 3 aliphatic rings. The molecule has 5 N–H and O–H groups in total. The molecule has 9 nitrogen and oxygen atoms in total. The number of hydrogen-bond donors (Lipinski definition) is 4. The molecular weight excluding hydrogens is 510 g/mol. The Balaban J connectivity index is 1.46. The molecule has 0 spiro atoms. The van der Waals surface area contributed by atoms with Crippen LogP contribution < -0.4 is 11.1 Å². The van der Waals surface area contributed by atoms with E-state index in [1.54, 1.807) is 0 Å². The maximum Gasteiger partial charge on any atom is 0.302 e. The number of allylic oxidation sites excluding steroid dienone is 1. The minimum absolute atomic E-state index is 0.0639. The van der Waals surface area contributed by atoms with Crippen LogP contribution in [0.5, 0.6) is 0 Å². The number of hydrogen-bond acceptors (Lipinski definition) is 9. The monoisotopic (exact) mass is 562 g/mol. The van der Waals surface area contributed by atoms with E-state index in [1.165, 1.54) is 31.6 Å². The highest BCUT2D eigenvalue weighted by atomic mass is 16.5. The minimum Gasteiger partial charge on any atom is -0.462 e. The molecule has 2 heterocycles. The van der Waals surface area contributed by atoms with Crippen LogP contribution in [0.1, 0.15) is 97.3 Å². The Hall–Kier alpha value is -1.78. The molecule has 0 radical (unpaired) electrons. The van der Waals surface area contributed by atoms with E-state index in [4.69, 9.17) is 15.2 Å². The van der Waals surface area contributed by atoms with Crippen LogP contribution in [0.2, 0.25) is 0 Å². The summed E-state index contributed by atoms with van der Waals surface area (Å²) in [5, 5.41) is 23.5. The molecule has 0 aromatic heterocycles. The lowest BCUT2D eigenvalue weighted by Crippen LogP contribution is -2.45. The van der Waals surface area contributed by atoms with Crippen molar-refractivity contribution < 1.29 is 29.3 Å². The number of carbonyl (C=O) groups excluding carboxylic acids is 2. The largest absolute Gasteiger partial charge is 0.462 e. The minimum atomic E-state index is -0.884. The van der Waals surface area contributed by atoms with Gasteiger partial charge in [-0.3, -0.25) is 9.59 Å². The number of aliphatic hydroxyl groups is 2. The quantitative estimate of drug-likeness (QED) is 0.165. The second-order valence-electron chi connectivity index (χ2n) is 12.2. The number of nitrogens with zero attached hydrogens (tertiary/aromatic N) is 1. The highest BCUT2D eigenvalue weighted by Crippen LogP contribution is 2.32. The number of methoxy groups -OCH3 is 1. The number of rotatable bonds is 16. The summed E-state index contributed by atoms with van der Waals surface area (Å²) in [6.07, 6.45) is 9.66. The SMILES string of the molecule is CCC(CCC(CC(=O)CCC1CC(O)C(O)C(OC)C1)OC(C)=O)CC1=C(CCC2CCNC(N)C2)[CH+]N=C1. The van der Waals surface area contributed by atoms with Gasteiger partial charge >= 0.3 is 5.97 Å². The van der Waals surface area contributed by atoms with Crippen LogP contribution >= 0.6 is 0 Å². The van der Waals surface area contributed by atoms with Crippen LogP contribution in [0.4, 0.5) is 0 Å². The van der Waals surface area contributed by atoms with Gasteiger partial charge in [-0.15, -0.1) is 4.99 Å². The zero-order chi connectivity index (χ0) is 29.1. The van der Waals surface area contributed by atoms with Crippen molar-refractivity contribution in [3.05, 3.63) is 17.7 Å². The van der Waals surface area contributed by atoms with Crippen molar-refractivity contribution in [2.24, 2.45) is 28.5 Å². The predicted molar refractivity (Wildman–Crippen MR) is 155 cm³/mol. The van der Waals surface area contributed by atoms with Gasteiger partial charge in [0.1, 0.15) is 30.1 Å². The second kappa shape index (κ2) is 16.6. The van der Waals surface area contributed by atoms with E-state index in [0.717, 1.165) is 45.1 Å². The van der Waals surface area contributed by atoms with Gasteiger partial charge in [0, 0.05) is 39.7 Å². The fourth-order valence-electron chi connectivity index (χ4n) is 6.55. The van der Waals surface area contributed by atoms with Crippen molar-refractivity contribution >= 4 is 18.0 Å². The maximum absolute atomic E-state index is 12.9. The second-order valence-corrected chi connectivity index (χ2v) is 12.2.